The SMILES string of the molecule is O=C(Nc1ncc(C2CCNCC2)s1)c1cccc(-c2ncn[nH]2)c1. The van der Waals surface area contributed by atoms with Crippen LogP contribution in [0.4, 0.5) is 5.13 Å². The highest BCUT2D eigenvalue weighted by molar-refractivity contribution is 7.15. The van der Waals surface area contributed by atoms with Gasteiger partial charge in [-0.2, -0.15) is 5.10 Å². The van der Waals surface area contributed by atoms with Crippen LogP contribution in [0.25, 0.3) is 11.4 Å². The molecular weight excluding hydrogens is 336 g/mol. The average Bonchev–Trinajstić information content (AvgIpc) is 3.35. The Morgan fingerprint density at radius 3 is 2.92 bits per heavy atom. The van der Waals surface area contributed by atoms with Gasteiger partial charge in [0.2, 0.25) is 0 Å². The number of benzene rings is 1. The van der Waals surface area contributed by atoms with Crippen molar-refractivity contribution >= 4 is 22.4 Å². The number of carbonyl (C=O) groups is 1. The molecule has 2 aromatic heterocycles. The summed E-state index contributed by atoms with van der Waals surface area (Å²) in [5.74, 6) is 1.00. The van der Waals surface area contributed by atoms with Crippen molar-refractivity contribution in [2.45, 2.75) is 18.8 Å². The monoisotopic (exact) mass is 354 g/mol. The Balaban J connectivity index is 1.47. The zero-order chi connectivity index (χ0) is 17.1. The van der Waals surface area contributed by atoms with Gasteiger partial charge in [0, 0.05) is 22.2 Å². The second-order valence-electron chi connectivity index (χ2n) is 5.96. The van der Waals surface area contributed by atoms with Crippen LogP contribution in [0.1, 0.15) is 34.0 Å². The van der Waals surface area contributed by atoms with E-state index in [1.807, 2.05) is 18.3 Å². The summed E-state index contributed by atoms with van der Waals surface area (Å²) in [4.78, 5) is 22.2. The third kappa shape index (κ3) is 3.59. The van der Waals surface area contributed by atoms with E-state index in [9.17, 15) is 4.79 Å². The van der Waals surface area contributed by atoms with Crippen molar-refractivity contribution in [1.82, 2.24) is 25.5 Å². The van der Waals surface area contributed by atoms with Crippen LogP contribution in [0.3, 0.4) is 0 Å². The van der Waals surface area contributed by atoms with Gasteiger partial charge >= 0.3 is 0 Å². The number of H-pyrrole nitrogens is 1. The van der Waals surface area contributed by atoms with Crippen molar-refractivity contribution in [3.05, 3.63) is 47.2 Å². The molecule has 1 amide bonds. The van der Waals surface area contributed by atoms with Crippen LogP contribution < -0.4 is 10.6 Å². The molecule has 25 heavy (non-hydrogen) atoms. The Bertz CT molecular complexity index is 854. The summed E-state index contributed by atoms with van der Waals surface area (Å²) in [6.45, 7) is 2.08. The van der Waals surface area contributed by atoms with E-state index in [1.54, 1.807) is 23.5 Å². The van der Waals surface area contributed by atoms with E-state index in [0.717, 1.165) is 31.5 Å². The normalized spacial score (nSPS) is 15.2. The number of aromatic amines is 1. The van der Waals surface area contributed by atoms with Crippen LogP contribution >= 0.6 is 11.3 Å². The first kappa shape index (κ1) is 15.9. The molecule has 1 aliphatic heterocycles. The molecule has 0 unspecified atom stereocenters. The third-order valence-corrected chi connectivity index (χ3v) is 5.37. The van der Waals surface area contributed by atoms with Gasteiger partial charge in [-0.05, 0) is 44.0 Å². The fraction of sp³-hybridized carbons (Fsp3) is 0.294. The van der Waals surface area contributed by atoms with E-state index in [-0.39, 0.29) is 5.91 Å². The Kier molecular flexibility index (Phi) is 4.53. The Morgan fingerprint density at radius 2 is 2.12 bits per heavy atom. The molecule has 0 radical (unpaired) electrons. The summed E-state index contributed by atoms with van der Waals surface area (Å²) >= 11 is 1.57. The van der Waals surface area contributed by atoms with Gasteiger partial charge in [-0.15, -0.1) is 11.3 Å². The lowest BCUT2D eigenvalue weighted by atomic mass is 9.97. The number of aromatic nitrogens is 4. The van der Waals surface area contributed by atoms with Crippen LogP contribution in [0.5, 0.6) is 0 Å². The van der Waals surface area contributed by atoms with Crippen LogP contribution in [0.2, 0.25) is 0 Å². The first-order valence-corrected chi connectivity index (χ1v) is 9.05. The van der Waals surface area contributed by atoms with Gasteiger partial charge < -0.3 is 5.32 Å². The lowest BCUT2D eigenvalue weighted by Gasteiger charge is -2.20. The summed E-state index contributed by atoms with van der Waals surface area (Å²) < 4.78 is 0. The molecule has 1 aromatic carbocycles. The van der Waals surface area contributed by atoms with Gasteiger partial charge in [0.1, 0.15) is 6.33 Å². The van der Waals surface area contributed by atoms with Gasteiger partial charge in [-0.1, -0.05) is 12.1 Å². The fourth-order valence-electron chi connectivity index (χ4n) is 2.96. The maximum atomic E-state index is 12.5. The zero-order valence-corrected chi connectivity index (χ0v) is 14.3. The fourth-order valence-corrected chi connectivity index (χ4v) is 3.94. The van der Waals surface area contributed by atoms with Gasteiger partial charge in [-0.25, -0.2) is 9.97 Å². The molecule has 0 aliphatic carbocycles. The smallest absolute Gasteiger partial charge is 0.257 e. The van der Waals surface area contributed by atoms with Gasteiger partial charge in [-0.3, -0.25) is 15.2 Å². The minimum absolute atomic E-state index is 0.174. The van der Waals surface area contributed by atoms with Crippen LogP contribution in [0.15, 0.2) is 36.8 Å². The lowest BCUT2D eigenvalue weighted by molar-refractivity contribution is 0.102. The van der Waals surface area contributed by atoms with E-state index in [4.69, 9.17) is 0 Å². The van der Waals surface area contributed by atoms with Crippen molar-refractivity contribution in [3.8, 4) is 11.4 Å². The summed E-state index contributed by atoms with van der Waals surface area (Å²) in [5.41, 5.74) is 1.38. The summed E-state index contributed by atoms with van der Waals surface area (Å²) in [6, 6.07) is 7.28. The van der Waals surface area contributed by atoms with Crippen molar-refractivity contribution in [3.63, 3.8) is 0 Å². The maximum Gasteiger partial charge on any atom is 0.257 e. The molecule has 1 aliphatic rings. The second kappa shape index (κ2) is 7.12. The van der Waals surface area contributed by atoms with E-state index < -0.39 is 0 Å². The number of carbonyl (C=O) groups excluding carboxylic acids is 1. The molecule has 8 heteroatoms. The van der Waals surface area contributed by atoms with Gasteiger partial charge in [0.25, 0.3) is 5.91 Å². The number of rotatable bonds is 4. The molecule has 1 saturated heterocycles. The largest absolute Gasteiger partial charge is 0.317 e. The van der Waals surface area contributed by atoms with Crippen LogP contribution in [-0.4, -0.2) is 39.2 Å². The highest BCUT2D eigenvalue weighted by atomic mass is 32.1. The van der Waals surface area contributed by atoms with Gasteiger partial charge in [0.15, 0.2) is 11.0 Å². The van der Waals surface area contributed by atoms with Crippen LogP contribution in [0, 0.1) is 0 Å². The molecule has 3 aromatic rings. The highest BCUT2D eigenvalue weighted by Gasteiger charge is 2.18. The quantitative estimate of drug-likeness (QED) is 0.669. The second-order valence-corrected chi connectivity index (χ2v) is 7.02. The molecule has 0 atom stereocenters. The molecule has 7 nitrogen and oxygen atoms in total. The number of thiazole rings is 1. The Morgan fingerprint density at radius 1 is 1.24 bits per heavy atom. The molecule has 128 valence electrons. The number of hydrogen-bond acceptors (Lipinski definition) is 6. The Labute approximate surface area is 148 Å². The van der Waals surface area contributed by atoms with Gasteiger partial charge in [0.05, 0.1) is 0 Å². The molecule has 0 saturated carbocycles. The molecule has 3 N–H and O–H groups in total. The summed E-state index contributed by atoms with van der Waals surface area (Å²) in [6.07, 6.45) is 5.57. The Hall–Kier alpha value is -2.58. The van der Waals surface area contributed by atoms with Crippen molar-refractivity contribution in [2.24, 2.45) is 0 Å². The van der Waals surface area contributed by atoms with E-state index in [0.29, 0.717) is 22.4 Å². The number of hydrogen-bond donors (Lipinski definition) is 3. The number of nitrogens with zero attached hydrogens (tertiary/aromatic N) is 3. The minimum atomic E-state index is -0.174. The number of nitrogens with one attached hydrogen (secondary N) is 3. The molecule has 4 rings (SSSR count). The first-order chi connectivity index (χ1) is 12.3. The molecule has 0 bridgehead atoms. The summed E-state index contributed by atoms with van der Waals surface area (Å²) in [5, 5.41) is 13.5. The van der Waals surface area contributed by atoms with E-state index in [2.05, 4.69) is 30.8 Å². The van der Waals surface area contributed by atoms with Crippen molar-refractivity contribution < 1.29 is 4.79 Å². The highest BCUT2D eigenvalue weighted by Crippen LogP contribution is 2.31. The van der Waals surface area contributed by atoms with E-state index >= 15 is 0 Å². The molecule has 1 fully saturated rings. The zero-order valence-electron chi connectivity index (χ0n) is 13.5. The number of amides is 1. The molecule has 3 heterocycles. The standard InChI is InChI=1S/C17H18N6OS/c24-16(13-3-1-2-12(8-13)15-20-10-21-23-15)22-17-19-9-14(25-17)11-4-6-18-7-5-11/h1-3,8-11,18H,4-7H2,(H,19,22,24)(H,20,21,23). The number of anilines is 1. The van der Waals surface area contributed by atoms with E-state index in [1.165, 1.54) is 11.2 Å². The van der Waals surface area contributed by atoms with Crippen LogP contribution in [-0.2, 0) is 0 Å². The molecule has 0 spiro atoms. The minimum Gasteiger partial charge on any atom is -0.317 e. The predicted octanol–water partition coefficient (Wildman–Crippen LogP) is 2.65. The average molecular weight is 354 g/mol. The molecular formula is C17H18N6OS. The van der Waals surface area contributed by atoms with Crippen molar-refractivity contribution in [2.75, 3.05) is 18.4 Å². The van der Waals surface area contributed by atoms with Crippen molar-refractivity contribution in [1.29, 1.82) is 0 Å². The predicted molar refractivity (Wildman–Crippen MR) is 96.7 cm³/mol. The summed E-state index contributed by atoms with van der Waals surface area (Å²) in [7, 11) is 0. The third-order valence-electron chi connectivity index (χ3n) is 4.30. The first-order valence-electron chi connectivity index (χ1n) is 8.23. The lowest BCUT2D eigenvalue weighted by Crippen LogP contribution is -2.26. The maximum absolute atomic E-state index is 12.5. The topological polar surface area (TPSA) is 95.6 Å². The number of piperidine rings is 1.